The van der Waals surface area contributed by atoms with Crippen molar-refractivity contribution in [3.05, 3.63) is 450 Å². The summed E-state index contributed by atoms with van der Waals surface area (Å²) in [7, 11) is 0. The zero-order chi connectivity index (χ0) is 83.9. The van der Waals surface area contributed by atoms with E-state index in [4.69, 9.17) is 15.0 Å². The molecule has 6 aliphatic carbocycles. The molecule has 17 aromatic carbocycles. The summed E-state index contributed by atoms with van der Waals surface area (Å²) in [5.74, 6) is 1.32. The van der Waals surface area contributed by atoms with Crippen molar-refractivity contribution in [3.63, 3.8) is 0 Å². The van der Waals surface area contributed by atoms with E-state index in [1.165, 1.54) is 241 Å². The Balaban J connectivity index is 0.000000132. The van der Waals surface area contributed by atoms with Crippen molar-refractivity contribution in [2.45, 2.75) is 86.9 Å². The molecule has 2 saturated carbocycles. The largest absolute Gasteiger partial charge is 0.309 e. The predicted octanol–water partition coefficient (Wildman–Crippen LogP) is 31.8. The number of nitrogens with zero attached hydrogens (tertiary/aromatic N) is 5. The number of rotatable bonds is 8. The third-order valence-electron chi connectivity index (χ3n) is 30.2. The number of hydrogen-bond acceptors (Lipinski definition) is 3. The molecule has 0 aliphatic heterocycles. The van der Waals surface area contributed by atoms with Gasteiger partial charge in [0.25, 0.3) is 0 Å². The van der Waals surface area contributed by atoms with Crippen molar-refractivity contribution in [3.8, 4) is 101 Å². The third kappa shape index (κ3) is 10.6. The summed E-state index contributed by atoms with van der Waals surface area (Å²) >= 11 is 0. The molecule has 0 atom stereocenters. The van der Waals surface area contributed by atoms with Crippen LogP contribution in [0.2, 0.25) is 0 Å². The molecule has 0 amide bonds. The van der Waals surface area contributed by atoms with Crippen LogP contribution in [-0.2, 0) is 10.8 Å². The summed E-state index contributed by atoms with van der Waals surface area (Å²) < 4.78 is 4.89. The zero-order valence-electron chi connectivity index (χ0n) is 71.0. The van der Waals surface area contributed by atoms with Crippen molar-refractivity contribution in [2.75, 3.05) is 0 Å². The van der Waals surface area contributed by atoms with E-state index in [1.807, 2.05) is 6.20 Å². The van der Waals surface area contributed by atoms with E-state index in [-0.39, 0.29) is 0 Å². The van der Waals surface area contributed by atoms with Crippen LogP contribution in [0, 0.1) is 0 Å². The van der Waals surface area contributed by atoms with Crippen LogP contribution in [0.4, 0.5) is 0 Å². The van der Waals surface area contributed by atoms with Crippen LogP contribution in [0.15, 0.2) is 394 Å². The van der Waals surface area contributed by atoms with Gasteiger partial charge < -0.3 is 9.13 Å². The smallest absolute Gasteiger partial charge is 0.0789 e. The Labute approximate surface area is 743 Å². The summed E-state index contributed by atoms with van der Waals surface area (Å²) in [5, 5.41) is 12.6. The fourth-order valence-electron chi connectivity index (χ4n) is 24.8. The highest BCUT2D eigenvalue weighted by Gasteiger charge is 2.54. The zero-order valence-corrected chi connectivity index (χ0v) is 71.0. The average molecular weight is 1640 g/mol. The number of fused-ring (bicyclic) bond motifs is 34. The summed E-state index contributed by atoms with van der Waals surface area (Å²) in [6.45, 7) is 0. The van der Waals surface area contributed by atoms with Crippen LogP contribution in [0.25, 0.3) is 188 Å². The van der Waals surface area contributed by atoms with Crippen LogP contribution < -0.4 is 0 Å². The van der Waals surface area contributed by atoms with E-state index >= 15 is 0 Å². The van der Waals surface area contributed by atoms with Gasteiger partial charge in [-0.3, -0.25) is 4.98 Å². The summed E-state index contributed by atoms with van der Waals surface area (Å²) in [6, 6.07) is 145. The second-order valence-corrected chi connectivity index (χ2v) is 36.6. The van der Waals surface area contributed by atoms with Crippen molar-refractivity contribution >= 4 is 87.0 Å². The van der Waals surface area contributed by atoms with E-state index in [2.05, 4.69) is 397 Å². The number of benzene rings is 17. The van der Waals surface area contributed by atoms with Gasteiger partial charge in [0, 0.05) is 93.7 Å². The minimum atomic E-state index is -0.411. The molecular weight excluding hydrogens is 1550 g/mol. The normalized spacial score (nSPS) is 14.9. The average Bonchev–Trinajstić information content (AvgIpc) is 1.50. The van der Waals surface area contributed by atoms with E-state index in [0.717, 1.165) is 67.0 Å². The van der Waals surface area contributed by atoms with Gasteiger partial charge in [-0.05, 0) is 228 Å². The van der Waals surface area contributed by atoms with Crippen LogP contribution >= 0.6 is 0 Å². The summed E-state index contributed by atoms with van der Waals surface area (Å²) in [5.41, 5.74) is 41.4. The first-order chi connectivity index (χ1) is 63.5. The molecule has 0 saturated heterocycles. The van der Waals surface area contributed by atoms with Crippen LogP contribution in [0.1, 0.15) is 132 Å². The Morgan fingerprint density at radius 1 is 0.234 bits per heavy atom. The first kappa shape index (κ1) is 73.2. The Morgan fingerprint density at radius 3 is 1.09 bits per heavy atom. The number of hydrogen-bond donors (Lipinski definition) is 0. The highest BCUT2D eigenvalue weighted by atomic mass is 15.0. The molecule has 0 radical (unpaired) electrons. The van der Waals surface area contributed by atoms with Crippen LogP contribution in [0.3, 0.4) is 0 Å². The van der Waals surface area contributed by atoms with E-state index < -0.39 is 10.8 Å². The first-order valence-electron chi connectivity index (χ1n) is 46.2. The van der Waals surface area contributed by atoms with Gasteiger partial charge in [-0.15, -0.1) is 0 Å². The van der Waals surface area contributed by atoms with Crippen LogP contribution in [0.5, 0.6) is 0 Å². The SMILES string of the molecule is c1cc(-c2ccc(-c3ccc(-n4c5ccccc5c5ccccc54)cc3)nc2)cc(-c2nc3ccccc3c3c4c(ccc23)C2(c3ccccc3-c3ccccc32)c2ccccc2-4)c1.c1cc(-c2nc3ccccc3c3c4c(ccc23)C2(c3ccccc3-c3ccccc32)c2ccccc2-4)cc(-n2c3ccc(C4CCCCC4)cc3c3cc(C4CCCCC4)ccc32)c1. The Kier molecular flexibility index (Phi) is 16.4. The highest BCUT2D eigenvalue weighted by Crippen LogP contribution is 2.67. The number of aromatic nitrogens is 5. The standard InChI is InChI=1S/C62H50N2.C61H37N3/c1-3-16-39(17-4-1)41-30-34-57-50(37-41)51-38-42(40-18-5-2-6-19-40)31-35-58(51)64(57)44-21-15-20-43(36-44)61-49-32-33-55-60(59(49)48-25-10-14-29-56(48)63-61)47-24-9-13-28-54(47)62(55)52-26-11-7-22-45(52)46-23-8-12-27-53(46)62;1-7-22-50-43(16-1)44-17-2-8-23-51(44)61(50)52-24-9-3-20-47(52)59-53(61)34-33-49-58(59)48-21-4-10-25-55(48)63-60(49)40-15-13-14-39(36-40)41-30-35-54(62-37-41)38-28-31-42(32-29-38)64-56-26-11-5-18-45(56)46-19-6-12-27-57(46)64/h7-15,20-40H,1-6,16-19H2;1-37H. The molecule has 0 unspecified atom stereocenters. The maximum atomic E-state index is 5.58. The minimum Gasteiger partial charge on any atom is -0.309 e. The molecule has 5 nitrogen and oxygen atoms in total. The highest BCUT2D eigenvalue weighted by molar-refractivity contribution is 6.22. The van der Waals surface area contributed by atoms with Crippen LogP contribution in [-0.4, -0.2) is 24.1 Å². The Bertz CT molecular complexity index is 8190. The van der Waals surface area contributed by atoms with Gasteiger partial charge in [0.1, 0.15) is 0 Å². The third-order valence-corrected chi connectivity index (χ3v) is 30.2. The van der Waals surface area contributed by atoms with Gasteiger partial charge in [-0.1, -0.05) is 342 Å². The molecule has 28 rings (SSSR count). The molecule has 5 heteroatoms. The molecule has 5 heterocycles. The number of para-hydroxylation sites is 4. The Hall–Kier alpha value is -15.2. The fraction of sp³-hybridized carbons (Fsp3) is 0.114. The van der Waals surface area contributed by atoms with Gasteiger partial charge >= 0.3 is 0 Å². The lowest BCUT2D eigenvalue weighted by molar-refractivity contribution is 0.444. The molecule has 128 heavy (non-hydrogen) atoms. The summed E-state index contributed by atoms with van der Waals surface area (Å²) in [4.78, 5) is 16.0. The Morgan fingerprint density at radius 2 is 0.617 bits per heavy atom. The maximum Gasteiger partial charge on any atom is 0.0789 e. The molecule has 22 aromatic rings. The summed E-state index contributed by atoms with van der Waals surface area (Å²) in [6.07, 6.45) is 15.4. The molecule has 0 bridgehead atoms. The van der Waals surface area contributed by atoms with Gasteiger partial charge in [0.2, 0.25) is 0 Å². The number of pyridine rings is 3. The van der Waals surface area contributed by atoms with Crippen molar-refractivity contribution in [2.24, 2.45) is 0 Å². The second-order valence-electron chi connectivity index (χ2n) is 36.6. The minimum absolute atomic E-state index is 0.401. The van der Waals surface area contributed by atoms with Crippen molar-refractivity contribution < 1.29 is 0 Å². The molecular formula is C123H87N5. The molecule has 6 aliphatic rings. The molecule has 604 valence electrons. The van der Waals surface area contributed by atoms with Gasteiger partial charge in [0.15, 0.2) is 0 Å². The lowest BCUT2D eigenvalue weighted by Gasteiger charge is -2.30. The topological polar surface area (TPSA) is 48.5 Å². The van der Waals surface area contributed by atoms with E-state index in [1.54, 1.807) is 0 Å². The van der Waals surface area contributed by atoms with Gasteiger partial charge in [0.05, 0.1) is 61.0 Å². The molecule has 2 spiro atoms. The first-order valence-corrected chi connectivity index (χ1v) is 46.2. The maximum absolute atomic E-state index is 5.58. The monoisotopic (exact) mass is 1630 g/mol. The van der Waals surface area contributed by atoms with Gasteiger partial charge in [-0.2, -0.15) is 0 Å². The lowest BCUT2D eigenvalue weighted by atomic mass is 9.70. The molecule has 5 aromatic heterocycles. The van der Waals surface area contributed by atoms with Crippen molar-refractivity contribution in [1.29, 1.82) is 0 Å². The predicted molar refractivity (Wildman–Crippen MR) is 531 cm³/mol. The lowest BCUT2D eigenvalue weighted by Crippen LogP contribution is -2.25. The second kappa shape index (κ2) is 28.7. The molecule has 0 N–H and O–H groups in total. The van der Waals surface area contributed by atoms with E-state index in [0.29, 0.717) is 11.8 Å². The fourth-order valence-corrected chi connectivity index (χ4v) is 24.8. The van der Waals surface area contributed by atoms with Gasteiger partial charge in [-0.25, -0.2) is 9.97 Å². The quantitative estimate of drug-likeness (QED) is 0.142. The van der Waals surface area contributed by atoms with Crippen molar-refractivity contribution in [1.82, 2.24) is 24.1 Å². The van der Waals surface area contributed by atoms with E-state index in [9.17, 15) is 0 Å². The molecule has 2 fully saturated rings.